The van der Waals surface area contributed by atoms with Gasteiger partial charge in [0.25, 0.3) is 0 Å². The molecule has 6 heteroatoms. The highest BCUT2D eigenvalue weighted by Crippen LogP contribution is 2.29. The van der Waals surface area contributed by atoms with Gasteiger partial charge >= 0.3 is 0 Å². The third-order valence-corrected chi connectivity index (χ3v) is 4.33. The van der Waals surface area contributed by atoms with Crippen molar-refractivity contribution < 1.29 is 9.13 Å². The quantitative estimate of drug-likeness (QED) is 0.799. The number of halogens is 2. The molecule has 1 unspecified atom stereocenters. The number of aromatic nitrogens is 1. The van der Waals surface area contributed by atoms with Crippen LogP contribution < -0.4 is 5.32 Å². The van der Waals surface area contributed by atoms with E-state index < -0.39 is 0 Å². The van der Waals surface area contributed by atoms with Crippen molar-refractivity contribution in [1.82, 2.24) is 10.3 Å². The normalized spacial score (nSPS) is 12.6. The Labute approximate surface area is 130 Å². The van der Waals surface area contributed by atoms with Gasteiger partial charge in [0, 0.05) is 34.8 Å². The smallest absolute Gasteiger partial charge is 0.128 e. The summed E-state index contributed by atoms with van der Waals surface area (Å²) in [4.78, 5) is 4.47. The van der Waals surface area contributed by atoms with Gasteiger partial charge in [-0.25, -0.2) is 9.37 Å². The number of thiazole rings is 1. The van der Waals surface area contributed by atoms with Crippen molar-refractivity contribution in [3.05, 3.63) is 50.1 Å². The standard InChI is InChI=1S/C14H16BrFN2OS/c1-9-8-20-14(18-9)13(17-5-6-19-2)11-7-10(15)3-4-12(11)16/h3-4,7-8,13,17H,5-6H2,1-2H3. The minimum absolute atomic E-state index is 0.240. The average Bonchev–Trinajstić information content (AvgIpc) is 2.84. The molecule has 0 aliphatic carbocycles. The van der Waals surface area contributed by atoms with Crippen LogP contribution >= 0.6 is 27.3 Å². The third-order valence-electron chi connectivity index (χ3n) is 2.81. The Kier molecular flexibility index (Phi) is 5.65. The Bertz CT molecular complexity index is 576. The topological polar surface area (TPSA) is 34.1 Å². The number of hydrogen-bond acceptors (Lipinski definition) is 4. The molecule has 0 bridgehead atoms. The monoisotopic (exact) mass is 358 g/mol. The van der Waals surface area contributed by atoms with E-state index in [-0.39, 0.29) is 11.9 Å². The molecule has 1 aromatic carbocycles. The molecule has 108 valence electrons. The van der Waals surface area contributed by atoms with E-state index >= 15 is 0 Å². The predicted molar refractivity (Wildman–Crippen MR) is 82.7 cm³/mol. The van der Waals surface area contributed by atoms with Gasteiger partial charge in [-0.05, 0) is 25.1 Å². The molecule has 0 fully saturated rings. The zero-order valence-corrected chi connectivity index (χ0v) is 13.7. The van der Waals surface area contributed by atoms with E-state index in [1.54, 1.807) is 19.2 Å². The molecule has 2 aromatic rings. The van der Waals surface area contributed by atoms with E-state index in [2.05, 4.69) is 26.2 Å². The first kappa shape index (κ1) is 15.6. The lowest BCUT2D eigenvalue weighted by Gasteiger charge is -2.18. The van der Waals surface area contributed by atoms with Gasteiger partial charge in [-0.15, -0.1) is 11.3 Å². The molecule has 0 spiro atoms. The van der Waals surface area contributed by atoms with E-state index in [1.165, 1.54) is 17.4 Å². The summed E-state index contributed by atoms with van der Waals surface area (Å²) < 4.78 is 20.0. The number of nitrogens with one attached hydrogen (secondary N) is 1. The molecule has 0 aliphatic heterocycles. The van der Waals surface area contributed by atoms with Crippen molar-refractivity contribution in [2.45, 2.75) is 13.0 Å². The second kappa shape index (κ2) is 7.26. The van der Waals surface area contributed by atoms with E-state index in [0.29, 0.717) is 18.7 Å². The number of benzene rings is 1. The van der Waals surface area contributed by atoms with Gasteiger partial charge in [-0.2, -0.15) is 0 Å². The Morgan fingerprint density at radius 2 is 2.30 bits per heavy atom. The maximum Gasteiger partial charge on any atom is 0.128 e. The number of aryl methyl sites for hydroxylation is 1. The van der Waals surface area contributed by atoms with Crippen LogP contribution in [0.2, 0.25) is 0 Å². The molecule has 1 heterocycles. The highest BCUT2D eigenvalue weighted by molar-refractivity contribution is 9.10. The van der Waals surface area contributed by atoms with Crippen LogP contribution in [0.1, 0.15) is 22.3 Å². The zero-order valence-electron chi connectivity index (χ0n) is 11.3. The van der Waals surface area contributed by atoms with E-state index in [1.807, 2.05) is 12.3 Å². The summed E-state index contributed by atoms with van der Waals surface area (Å²) in [5, 5.41) is 6.12. The predicted octanol–water partition coefficient (Wildman–Crippen LogP) is 3.68. The number of nitrogens with zero attached hydrogens (tertiary/aromatic N) is 1. The molecule has 1 atom stereocenters. The SMILES string of the molecule is COCCNC(c1nc(C)cs1)c1cc(Br)ccc1F. The Morgan fingerprint density at radius 1 is 1.50 bits per heavy atom. The second-order valence-corrected chi connectivity index (χ2v) is 6.18. The van der Waals surface area contributed by atoms with Crippen LogP contribution in [0.15, 0.2) is 28.1 Å². The second-order valence-electron chi connectivity index (χ2n) is 4.37. The largest absolute Gasteiger partial charge is 0.383 e. The van der Waals surface area contributed by atoms with Gasteiger partial charge in [0.2, 0.25) is 0 Å². The Balaban J connectivity index is 2.32. The summed E-state index contributed by atoms with van der Waals surface area (Å²) in [5.41, 5.74) is 1.53. The summed E-state index contributed by atoms with van der Waals surface area (Å²) in [6.45, 7) is 3.13. The van der Waals surface area contributed by atoms with Crippen molar-refractivity contribution in [3.8, 4) is 0 Å². The molecule has 0 aliphatic rings. The lowest BCUT2D eigenvalue weighted by Crippen LogP contribution is -2.26. The van der Waals surface area contributed by atoms with Crippen LogP contribution in [0.25, 0.3) is 0 Å². The fourth-order valence-corrected chi connectivity index (χ4v) is 3.14. The van der Waals surface area contributed by atoms with Crippen molar-refractivity contribution in [3.63, 3.8) is 0 Å². The van der Waals surface area contributed by atoms with Gasteiger partial charge in [0.15, 0.2) is 0 Å². The molecular formula is C14H16BrFN2OS. The fraction of sp³-hybridized carbons (Fsp3) is 0.357. The lowest BCUT2D eigenvalue weighted by atomic mass is 10.1. The minimum Gasteiger partial charge on any atom is -0.383 e. The van der Waals surface area contributed by atoms with Gasteiger partial charge in [-0.1, -0.05) is 15.9 Å². The Morgan fingerprint density at radius 3 is 2.95 bits per heavy atom. The molecule has 20 heavy (non-hydrogen) atoms. The number of hydrogen-bond donors (Lipinski definition) is 1. The summed E-state index contributed by atoms with van der Waals surface area (Å²) in [6.07, 6.45) is 0. The van der Waals surface area contributed by atoms with Crippen LogP contribution in [0, 0.1) is 12.7 Å². The maximum absolute atomic E-state index is 14.1. The van der Waals surface area contributed by atoms with Crippen LogP contribution in [0.3, 0.4) is 0 Å². The van der Waals surface area contributed by atoms with Gasteiger partial charge in [-0.3, -0.25) is 0 Å². The van der Waals surface area contributed by atoms with Crippen LogP contribution in [0.4, 0.5) is 4.39 Å². The van der Waals surface area contributed by atoms with Crippen molar-refractivity contribution >= 4 is 27.3 Å². The summed E-state index contributed by atoms with van der Waals surface area (Å²) >= 11 is 4.92. The third kappa shape index (κ3) is 3.85. The van der Waals surface area contributed by atoms with Crippen LogP contribution in [-0.4, -0.2) is 25.2 Å². The maximum atomic E-state index is 14.1. The first-order chi connectivity index (χ1) is 9.61. The van der Waals surface area contributed by atoms with E-state index in [4.69, 9.17) is 4.74 Å². The van der Waals surface area contributed by atoms with Crippen molar-refractivity contribution in [2.75, 3.05) is 20.3 Å². The first-order valence-corrected chi connectivity index (χ1v) is 7.88. The summed E-state index contributed by atoms with van der Waals surface area (Å²) in [7, 11) is 1.64. The van der Waals surface area contributed by atoms with Crippen molar-refractivity contribution in [1.29, 1.82) is 0 Å². The molecule has 0 amide bonds. The molecule has 1 aromatic heterocycles. The fourth-order valence-electron chi connectivity index (χ4n) is 1.88. The lowest BCUT2D eigenvalue weighted by molar-refractivity contribution is 0.197. The van der Waals surface area contributed by atoms with Gasteiger partial charge < -0.3 is 10.1 Å². The van der Waals surface area contributed by atoms with Crippen LogP contribution in [-0.2, 0) is 4.74 Å². The minimum atomic E-state index is -0.263. The highest BCUT2D eigenvalue weighted by atomic mass is 79.9. The molecule has 1 N–H and O–H groups in total. The number of rotatable bonds is 6. The molecule has 0 saturated carbocycles. The summed E-state index contributed by atoms with van der Waals surface area (Å²) in [5.74, 6) is -0.240. The van der Waals surface area contributed by atoms with E-state index in [9.17, 15) is 4.39 Å². The molecule has 2 rings (SSSR count). The number of ether oxygens (including phenoxy) is 1. The zero-order chi connectivity index (χ0) is 14.5. The highest BCUT2D eigenvalue weighted by Gasteiger charge is 2.20. The van der Waals surface area contributed by atoms with Crippen LogP contribution in [0.5, 0.6) is 0 Å². The average molecular weight is 359 g/mol. The molecule has 0 radical (unpaired) electrons. The molecule has 3 nitrogen and oxygen atoms in total. The first-order valence-electron chi connectivity index (χ1n) is 6.21. The van der Waals surface area contributed by atoms with Gasteiger partial charge in [0.1, 0.15) is 10.8 Å². The summed E-state index contributed by atoms with van der Waals surface area (Å²) in [6, 6.07) is 4.68. The van der Waals surface area contributed by atoms with Gasteiger partial charge in [0.05, 0.1) is 12.6 Å². The molecule has 0 saturated heterocycles. The molecular weight excluding hydrogens is 343 g/mol. The Hall–Kier alpha value is -0.820. The van der Waals surface area contributed by atoms with Crippen molar-refractivity contribution in [2.24, 2.45) is 0 Å². The number of methoxy groups -OCH3 is 1. The van der Waals surface area contributed by atoms with E-state index in [0.717, 1.165) is 15.2 Å².